The molecule has 4 atom stereocenters. The van der Waals surface area contributed by atoms with Crippen molar-refractivity contribution in [2.75, 3.05) is 13.7 Å². The lowest BCUT2D eigenvalue weighted by Gasteiger charge is -2.34. The number of cyclic esters (lactones) is 1. The molecular formula is C28H38N2O6. The van der Waals surface area contributed by atoms with Crippen LogP contribution >= 0.6 is 0 Å². The molecule has 1 aliphatic rings. The summed E-state index contributed by atoms with van der Waals surface area (Å²) in [7, 11) is 1.39. The van der Waals surface area contributed by atoms with Gasteiger partial charge in [0, 0.05) is 18.9 Å². The Morgan fingerprint density at radius 1 is 1.19 bits per heavy atom. The van der Waals surface area contributed by atoms with Gasteiger partial charge < -0.3 is 24.6 Å². The quantitative estimate of drug-likeness (QED) is 0.523. The van der Waals surface area contributed by atoms with Crippen LogP contribution in [0.3, 0.4) is 0 Å². The summed E-state index contributed by atoms with van der Waals surface area (Å²) in [5, 5.41) is 13.0. The van der Waals surface area contributed by atoms with Crippen LogP contribution in [-0.4, -0.2) is 53.9 Å². The predicted molar refractivity (Wildman–Crippen MR) is 136 cm³/mol. The molecule has 36 heavy (non-hydrogen) atoms. The smallest absolute Gasteiger partial charge is 0.329 e. The van der Waals surface area contributed by atoms with E-state index in [4.69, 9.17) is 14.2 Å². The number of hydrogen-bond acceptors (Lipinski definition) is 7. The first-order valence-electron chi connectivity index (χ1n) is 12.7. The second kappa shape index (κ2) is 13.3. The normalized spacial score (nSPS) is 23.1. The molecule has 2 heterocycles. The van der Waals surface area contributed by atoms with Crippen molar-refractivity contribution in [3.8, 4) is 11.5 Å². The lowest BCUT2D eigenvalue weighted by atomic mass is 9.86. The highest BCUT2D eigenvalue weighted by molar-refractivity contribution is 5.97. The molecule has 0 radical (unpaired) electrons. The molecule has 3 rings (SSSR count). The zero-order valence-corrected chi connectivity index (χ0v) is 21.6. The van der Waals surface area contributed by atoms with Gasteiger partial charge in [0.2, 0.25) is 0 Å². The maximum absolute atomic E-state index is 13.2. The lowest BCUT2D eigenvalue weighted by Crippen LogP contribution is -2.47. The third-order valence-corrected chi connectivity index (χ3v) is 6.42. The van der Waals surface area contributed by atoms with E-state index in [0.717, 1.165) is 25.7 Å². The topological polar surface area (TPSA) is 107 Å². The van der Waals surface area contributed by atoms with Crippen molar-refractivity contribution < 1.29 is 28.9 Å². The maximum atomic E-state index is 13.2. The number of aromatic nitrogens is 1. The van der Waals surface area contributed by atoms with E-state index in [0.29, 0.717) is 18.9 Å². The minimum absolute atomic E-state index is 0.131. The molecule has 1 fully saturated rings. The Balaban J connectivity index is 1.76. The number of methoxy groups -OCH3 is 1. The van der Waals surface area contributed by atoms with Crippen LogP contribution in [0.25, 0.3) is 0 Å². The molecular weight excluding hydrogens is 460 g/mol. The molecule has 1 aromatic carbocycles. The fourth-order valence-corrected chi connectivity index (χ4v) is 4.59. The molecule has 1 aromatic heterocycles. The van der Waals surface area contributed by atoms with Crippen molar-refractivity contribution in [3.05, 3.63) is 53.9 Å². The second-order valence-electron chi connectivity index (χ2n) is 9.80. The summed E-state index contributed by atoms with van der Waals surface area (Å²) in [6.45, 7) is 6.61. The number of nitrogens with zero attached hydrogens (tertiary/aromatic N) is 1. The van der Waals surface area contributed by atoms with Crippen molar-refractivity contribution in [2.45, 2.75) is 71.1 Å². The lowest BCUT2D eigenvalue weighted by molar-refractivity contribution is -0.163. The first-order chi connectivity index (χ1) is 17.3. The Labute approximate surface area is 213 Å². The number of ether oxygens (including phenoxy) is 3. The number of nitrogens with one attached hydrogen (secondary N) is 1. The molecule has 0 bridgehead atoms. The molecule has 0 saturated carbocycles. The SMILES string of the molecule is COc1ccnc(C(=O)N[C@H]2CCCC[C@H](Cc3ccccc3)[C@@H](OCC(C)C)[C@H](C)OC2=O)c1O. The third-order valence-electron chi connectivity index (χ3n) is 6.42. The van der Waals surface area contributed by atoms with Gasteiger partial charge in [0.25, 0.3) is 5.91 Å². The maximum Gasteiger partial charge on any atom is 0.329 e. The van der Waals surface area contributed by atoms with E-state index in [9.17, 15) is 14.7 Å². The summed E-state index contributed by atoms with van der Waals surface area (Å²) in [4.78, 5) is 30.0. The Bertz CT molecular complexity index is 997. The first kappa shape index (κ1) is 27.5. The van der Waals surface area contributed by atoms with Crippen molar-refractivity contribution in [1.82, 2.24) is 10.3 Å². The van der Waals surface area contributed by atoms with E-state index < -0.39 is 24.0 Å². The molecule has 0 aliphatic carbocycles. The van der Waals surface area contributed by atoms with Gasteiger partial charge in [-0.2, -0.15) is 0 Å². The van der Waals surface area contributed by atoms with Crippen molar-refractivity contribution in [1.29, 1.82) is 0 Å². The molecule has 8 nitrogen and oxygen atoms in total. The van der Waals surface area contributed by atoms with Crippen molar-refractivity contribution in [3.63, 3.8) is 0 Å². The van der Waals surface area contributed by atoms with Crippen LogP contribution in [-0.2, 0) is 20.7 Å². The van der Waals surface area contributed by atoms with E-state index in [1.807, 2.05) is 25.1 Å². The van der Waals surface area contributed by atoms with Crippen LogP contribution in [0.4, 0.5) is 0 Å². The molecule has 2 N–H and O–H groups in total. The van der Waals surface area contributed by atoms with Gasteiger partial charge in [-0.25, -0.2) is 9.78 Å². The number of esters is 1. The minimum Gasteiger partial charge on any atom is -0.503 e. The summed E-state index contributed by atoms with van der Waals surface area (Å²) in [5.41, 5.74) is 1.03. The van der Waals surface area contributed by atoms with E-state index in [-0.39, 0.29) is 29.2 Å². The largest absolute Gasteiger partial charge is 0.503 e. The van der Waals surface area contributed by atoms with Gasteiger partial charge in [-0.15, -0.1) is 0 Å². The van der Waals surface area contributed by atoms with Crippen LogP contribution in [0, 0.1) is 11.8 Å². The minimum atomic E-state index is -0.858. The van der Waals surface area contributed by atoms with Gasteiger partial charge in [-0.1, -0.05) is 57.0 Å². The van der Waals surface area contributed by atoms with E-state index in [1.165, 1.54) is 24.9 Å². The fraction of sp³-hybridized carbons (Fsp3) is 0.536. The van der Waals surface area contributed by atoms with Gasteiger partial charge in [0.15, 0.2) is 17.2 Å². The van der Waals surface area contributed by atoms with Crippen LogP contribution in [0.1, 0.15) is 62.5 Å². The Hall–Kier alpha value is -3.13. The number of pyridine rings is 1. The standard InChI is InChI=1S/C28H38N2O6/c1-18(2)17-35-26-19(3)36-28(33)22(30-27(32)24-25(31)23(34-4)14-15-29-24)13-9-8-12-21(26)16-20-10-6-5-7-11-20/h5-7,10-11,14-15,18-19,21-22,26,31H,8-9,12-13,16-17H2,1-4H3,(H,30,32)/t19-,21+,22-,26-/m0/s1. The number of rotatable bonds is 8. The molecule has 0 unspecified atom stereocenters. The molecule has 1 amide bonds. The van der Waals surface area contributed by atoms with Crippen LogP contribution in [0.5, 0.6) is 11.5 Å². The zero-order chi connectivity index (χ0) is 26.1. The van der Waals surface area contributed by atoms with Crippen LogP contribution in [0.2, 0.25) is 0 Å². The molecule has 0 spiro atoms. The number of amides is 1. The summed E-state index contributed by atoms with van der Waals surface area (Å²) < 4.78 is 17.3. The Morgan fingerprint density at radius 2 is 1.92 bits per heavy atom. The average molecular weight is 499 g/mol. The van der Waals surface area contributed by atoms with Gasteiger partial charge >= 0.3 is 5.97 Å². The molecule has 8 heteroatoms. The number of aromatic hydroxyl groups is 1. The fourth-order valence-electron chi connectivity index (χ4n) is 4.59. The first-order valence-corrected chi connectivity index (χ1v) is 12.7. The number of carbonyl (C=O) groups excluding carboxylic acids is 2. The third kappa shape index (κ3) is 7.43. The molecule has 2 aromatic rings. The molecule has 196 valence electrons. The number of carbonyl (C=O) groups is 2. The van der Waals surface area contributed by atoms with E-state index in [1.54, 1.807) is 0 Å². The molecule has 1 aliphatic heterocycles. The van der Waals surface area contributed by atoms with Gasteiger partial charge in [0.05, 0.1) is 13.2 Å². The van der Waals surface area contributed by atoms with Crippen LogP contribution in [0.15, 0.2) is 42.6 Å². The highest BCUT2D eigenvalue weighted by Gasteiger charge is 2.34. The Kier molecular flexibility index (Phi) is 10.1. The second-order valence-corrected chi connectivity index (χ2v) is 9.80. The number of benzene rings is 1. The highest BCUT2D eigenvalue weighted by atomic mass is 16.6. The molecule has 1 saturated heterocycles. The van der Waals surface area contributed by atoms with Crippen molar-refractivity contribution in [2.24, 2.45) is 11.8 Å². The van der Waals surface area contributed by atoms with Gasteiger partial charge in [-0.05, 0) is 43.6 Å². The predicted octanol–water partition coefficient (Wildman–Crippen LogP) is 4.30. The summed E-state index contributed by atoms with van der Waals surface area (Å²) in [6.07, 6.45) is 4.40. The monoisotopic (exact) mass is 498 g/mol. The summed E-state index contributed by atoms with van der Waals surface area (Å²) in [6, 6.07) is 10.9. The van der Waals surface area contributed by atoms with Gasteiger partial charge in [0.1, 0.15) is 12.1 Å². The highest BCUT2D eigenvalue weighted by Crippen LogP contribution is 2.29. The zero-order valence-electron chi connectivity index (χ0n) is 21.6. The summed E-state index contributed by atoms with van der Waals surface area (Å²) >= 11 is 0. The average Bonchev–Trinajstić information content (AvgIpc) is 2.85. The summed E-state index contributed by atoms with van der Waals surface area (Å²) in [5.74, 6) is -0.880. The van der Waals surface area contributed by atoms with Crippen LogP contribution < -0.4 is 10.1 Å². The van der Waals surface area contributed by atoms with Gasteiger partial charge in [-0.3, -0.25) is 4.79 Å². The van der Waals surface area contributed by atoms with E-state index in [2.05, 4.69) is 36.3 Å². The van der Waals surface area contributed by atoms with Crippen molar-refractivity contribution >= 4 is 11.9 Å². The van der Waals surface area contributed by atoms with E-state index >= 15 is 0 Å². The Morgan fingerprint density at radius 3 is 2.61 bits per heavy atom. The number of hydrogen-bond donors (Lipinski definition) is 2.